The van der Waals surface area contributed by atoms with Crippen molar-refractivity contribution in [1.82, 2.24) is 4.90 Å². The number of morpholine rings is 1. The average molecular weight is 297 g/mol. The minimum absolute atomic E-state index is 0.0358. The number of carboxylic acids is 1. The first-order chi connectivity index (χ1) is 10.1. The SMILES string of the molecule is O=C(O)C1CN(C(=O)CCOc2cccc(F)c2)CCO1. The summed E-state index contributed by atoms with van der Waals surface area (Å²) in [5, 5.41) is 8.87. The van der Waals surface area contributed by atoms with Gasteiger partial charge in [0.2, 0.25) is 5.91 Å². The number of hydrogen-bond acceptors (Lipinski definition) is 4. The van der Waals surface area contributed by atoms with Gasteiger partial charge in [-0.2, -0.15) is 0 Å². The van der Waals surface area contributed by atoms with Gasteiger partial charge in [0.1, 0.15) is 11.6 Å². The standard InChI is InChI=1S/C14H16FNO5/c15-10-2-1-3-11(8-10)20-6-4-13(17)16-5-7-21-12(9-16)14(18)19/h1-3,8,12H,4-7,9H2,(H,18,19). The van der Waals surface area contributed by atoms with Gasteiger partial charge in [0.05, 0.1) is 26.2 Å². The first kappa shape index (κ1) is 15.2. The Hall–Kier alpha value is -2.15. The number of carbonyl (C=O) groups is 2. The molecule has 1 fully saturated rings. The van der Waals surface area contributed by atoms with Crippen molar-refractivity contribution in [2.24, 2.45) is 0 Å². The van der Waals surface area contributed by atoms with E-state index in [9.17, 15) is 14.0 Å². The summed E-state index contributed by atoms with van der Waals surface area (Å²) >= 11 is 0. The van der Waals surface area contributed by atoms with Crippen LogP contribution in [0.5, 0.6) is 5.75 Å². The molecule has 7 heteroatoms. The monoisotopic (exact) mass is 297 g/mol. The molecule has 1 amide bonds. The highest BCUT2D eigenvalue weighted by atomic mass is 19.1. The molecular weight excluding hydrogens is 281 g/mol. The number of carbonyl (C=O) groups excluding carboxylic acids is 1. The molecule has 1 N–H and O–H groups in total. The van der Waals surface area contributed by atoms with Crippen LogP contribution in [0.15, 0.2) is 24.3 Å². The van der Waals surface area contributed by atoms with E-state index in [2.05, 4.69) is 0 Å². The van der Waals surface area contributed by atoms with E-state index in [-0.39, 0.29) is 32.1 Å². The minimum Gasteiger partial charge on any atom is -0.493 e. The van der Waals surface area contributed by atoms with Crippen LogP contribution in [0.4, 0.5) is 4.39 Å². The zero-order valence-corrected chi connectivity index (χ0v) is 11.3. The van der Waals surface area contributed by atoms with Crippen LogP contribution in [0.2, 0.25) is 0 Å². The van der Waals surface area contributed by atoms with Gasteiger partial charge in [-0.25, -0.2) is 9.18 Å². The number of hydrogen-bond donors (Lipinski definition) is 1. The molecule has 0 aromatic heterocycles. The predicted octanol–water partition coefficient (Wildman–Crippen LogP) is 0.907. The Balaban J connectivity index is 1.78. The molecule has 6 nitrogen and oxygen atoms in total. The van der Waals surface area contributed by atoms with Crippen molar-refractivity contribution in [1.29, 1.82) is 0 Å². The average Bonchev–Trinajstić information content (AvgIpc) is 2.47. The minimum atomic E-state index is -1.08. The van der Waals surface area contributed by atoms with Crippen LogP contribution in [0.1, 0.15) is 6.42 Å². The van der Waals surface area contributed by atoms with Gasteiger partial charge < -0.3 is 19.5 Å². The number of carboxylic acid groups (broad SMARTS) is 1. The van der Waals surface area contributed by atoms with E-state index in [4.69, 9.17) is 14.6 Å². The lowest BCUT2D eigenvalue weighted by molar-refractivity contribution is -0.159. The lowest BCUT2D eigenvalue weighted by Gasteiger charge is -2.30. The molecule has 114 valence electrons. The molecule has 21 heavy (non-hydrogen) atoms. The van der Waals surface area contributed by atoms with E-state index in [1.165, 1.54) is 23.1 Å². The third kappa shape index (κ3) is 4.42. The molecule has 0 aliphatic carbocycles. The molecule has 0 spiro atoms. The molecule has 0 bridgehead atoms. The van der Waals surface area contributed by atoms with E-state index >= 15 is 0 Å². The largest absolute Gasteiger partial charge is 0.493 e. The zero-order chi connectivity index (χ0) is 15.2. The summed E-state index contributed by atoms with van der Waals surface area (Å²) in [6.07, 6.45) is -0.880. The summed E-state index contributed by atoms with van der Waals surface area (Å²) in [5.74, 6) is -1.34. The van der Waals surface area contributed by atoms with Gasteiger partial charge in [0.15, 0.2) is 6.10 Å². The molecular formula is C14H16FNO5. The lowest BCUT2D eigenvalue weighted by Crippen LogP contribution is -2.48. The van der Waals surface area contributed by atoms with Gasteiger partial charge in [-0.15, -0.1) is 0 Å². The maximum absolute atomic E-state index is 12.9. The summed E-state index contributed by atoms with van der Waals surface area (Å²) in [6, 6.07) is 5.66. The van der Waals surface area contributed by atoms with Crippen molar-refractivity contribution >= 4 is 11.9 Å². The van der Waals surface area contributed by atoms with Crippen molar-refractivity contribution in [3.63, 3.8) is 0 Å². The van der Waals surface area contributed by atoms with Crippen molar-refractivity contribution in [2.75, 3.05) is 26.3 Å². The second-order valence-electron chi connectivity index (χ2n) is 4.59. The summed E-state index contributed by atoms with van der Waals surface area (Å²) in [4.78, 5) is 24.2. The summed E-state index contributed by atoms with van der Waals surface area (Å²) < 4.78 is 23.3. The normalized spacial score (nSPS) is 18.3. The molecule has 1 aliphatic heterocycles. The molecule has 1 heterocycles. The Morgan fingerprint density at radius 1 is 1.48 bits per heavy atom. The molecule has 1 aliphatic rings. The van der Waals surface area contributed by atoms with Crippen LogP contribution >= 0.6 is 0 Å². The highest BCUT2D eigenvalue weighted by Gasteiger charge is 2.28. The highest BCUT2D eigenvalue weighted by Crippen LogP contribution is 2.13. The van der Waals surface area contributed by atoms with E-state index in [1.54, 1.807) is 6.07 Å². The molecule has 1 saturated heterocycles. The third-order valence-electron chi connectivity index (χ3n) is 3.08. The second-order valence-corrected chi connectivity index (χ2v) is 4.59. The fourth-order valence-electron chi connectivity index (χ4n) is 2.00. The Morgan fingerprint density at radius 3 is 3.00 bits per heavy atom. The smallest absolute Gasteiger partial charge is 0.334 e. The van der Waals surface area contributed by atoms with Gasteiger partial charge in [-0.3, -0.25) is 4.79 Å². The van der Waals surface area contributed by atoms with Crippen molar-refractivity contribution < 1.29 is 28.6 Å². The topological polar surface area (TPSA) is 76.1 Å². The first-order valence-electron chi connectivity index (χ1n) is 6.57. The fourth-order valence-corrected chi connectivity index (χ4v) is 2.00. The van der Waals surface area contributed by atoms with Crippen LogP contribution in [0, 0.1) is 5.82 Å². The van der Waals surface area contributed by atoms with Gasteiger partial charge >= 0.3 is 5.97 Å². The zero-order valence-electron chi connectivity index (χ0n) is 11.3. The van der Waals surface area contributed by atoms with Crippen LogP contribution in [0.25, 0.3) is 0 Å². The van der Waals surface area contributed by atoms with Crippen LogP contribution < -0.4 is 4.74 Å². The molecule has 1 atom stereocenters. The van der Waals surface area contributed by atoms with Gasteiger partial charge in [-0.05, 0) is 12.1 Å². The quantitative estimate of drug-likeness (QED) is 0.874. The maximum atomic E-state index is 12.9. The Labute approximate surface area is 121 Å². The fraction of sp³-hybridized carbons (Fsp3) is 0.429. The van der Waals surface area contributed by atoms with E-state index in [1.807, 2.05) is 0 Å². The molecule has 1 unspecified atom stereocenters. The second kappa shape index (κ2) is 7.03. The summed E-state index contributed by atoms with van der Waals surface area (Å²) in [6.45, 7) is 0.710. The Morgan fingerprint density at radius 2 is 2.29 bits per heavy atom. The van der Waals surface area contributed by atoms with Crippen LogP contribution in [-0.2, 0) is 14.3 Å². The lowest BCUT2D eigenvalue weighted by atomic mass is 10.2. The van der Waals surface area contributed by atoms with Crippen LogP contribution in [0.3, 0.4) is 0 Å². The molecule has 0 saturated carbocycles. The number of ether oxygens (including phenoxy) is 2. The van der Waals surface area contributed by atoms with Crippen molar-refractivity contribution in [3.05, 3.63) is 30.1 Å². The number of benzene rings is 1. The van der Waals surface area contributed by atoms with E-state index < -0.39 is 17.9 Å². The van der Waals surface area contributed by atoms with Gasteiger partial charge in [0.25, 0.3) is 0 Å². The summed E-state index contributed by atoms with van der Waals surface area (Å²) in [7, 11) is 0. The van der Waals surface area contributed by atoms with Crippen LogP contribution in [-0.4, -0.2) is 54.3 Å². The van der Waals surface area contributed by atoms with Gasteiger partial charge in [0, 0.05) is 12.6 Å². The summed E-state index contributed by atoms with van der Waals surface area (Å²) in [5.41, 5.74) is 0. The number of amides is 1. The Bertz CT molecular complexity index is 522. The predicted molar refractivity (Wildman–Crippen MR) is 70.5 cm³/mol. The number of aliphatic carboxylic acids is 1. The third-order valence-corrected chi connectivity index (χ3v) is 3.08. The van der Waals surface area contributed by atoms with Gasteiger partial charge in [-0.1, -0.05) is 6.07 Å². The molecule has 2 rings (SSSR count). The number of nitrogens with zero attached hydrogens (tertiary/aromatic N) is 1. The van der Waals surface area contributed by atoms with Crippen molar-refractivity contribution in [3.8, 4) is 5.75 Å². The number of halogens is 1. The molecule has 1 aromatic carbocycles. The van der Waals surface area contributed by atoms with Crippen molar-refractivity contribution in [2.45, 2.75) is 12.5 Å². The first-order valence-corrected chi connectivity index (χ1v) is 6.57. The molecule has 1 aromatic rings. The Kier molecular flexibility index (Phi) is 5.10. The van der Waals surface area contributed by atoms with E-state index in [0.29, 0.717) is 12.3 Å². The maximum Gasteiger partial charge on any atom is 0.334 e. The number of rotatable bonds is 5. The molecule has 0 radical (unpaired) electrons. The van der Waals surface area contributed by atoms with E-state index in [0.717, 1.165) is 0 Å². The highest BCUT2D eigenvalue weighted by molar-refractivity contribution is 5.78.